The maximum atomic E-state index is 12.3. The predicted molar refractivity (Wildman–Crippen MR) is 90.9 cm³/mol. The van der Waals surface area contributed by atoms with Crippen molar-refractivity contribution < 1.29 is 4.79 Å². The summed E-state index contributed by atoms with van der Waals surface area (Å²) < 4.78 is 0. The lowest BCUT2D eigenvalue weighted by Gasteiger charge is -2.16. The normalized spacial score (nSPS) is 10.6. The molecule has 0 bridgehead atoms. The highest BCUT2D eigenvalue weighted by Gasteiger charge is 2.14. The molecule has 0 aliphatic carbocycles. The quantitative estimate of drug-likeness (QED) is 0.723. The summed E-state index contributed by atoms with van der Waals surface area (Å²) >= 11 is 0. The minimum atomic E-state index is -0.0624. The standard InChI is InChI=1S/C18H19N5O/c1-14-8-6-7-11-16(14)18-19-21-23(20-18)13-17(24)22(2)12-15-9-4-3-5-10-15/h3-11H,12-13H2,1-2H3. The topological polar surface area (TPSA) is 63.9 Å². The van der Waals surface area contributed by atoms with E-state index in [1.165, 1.54) is 4.80 Å². The zero-order valence-electron chi connectivity index (χ0n) is 13.8. The first-order chi connectivity index (χ1) is 11.6. The zero-order valence-corrected chi connectivity index (χ0v) is 13.8. The molecule has 0 unspecified atom stereocenters. The van der Waals surface area contributed by atoms with Gasteiger partial charge in [-0.15, -0.1) is 10.2 Å². The van der Waals surface area contributed by atoms with Crippen LogP contribution >= 0.6 is 0 Å². The SMILES string of the molecule is Cc1ccccc1-c1nnn(CC(=O)N(C)Cc2ccccc2)n1. The van der Waals surface area contributed by atoms with E-state index in [9.17, 15) is 4.79 Å². The number of aromatic nitrogens is 4. The molecule has 6 heteroatoms. The van der Waals surface area contributed by atoms with E-state index >= 15 is 0 Å². The summed E-state index contributed by atoms with van der Waals surface area (Å²) in [5.41, 5.74) is 3.08. The molecule has 122 valence electrons. The van der Waals surface area contributed by atoms with E-state index in [0.29, 0.717) is 12.4 Å². The van der Waals surface area contributed by atoms with Gasteiger partial charge >= 0.3 is 0 Å². The third-order valence-electron chi connectivity index (χ3n) is 3.80. The van der Waals surface area contributed by atoms with Crippen LogP contribution in [0, 0.1) is 6.92 Å². The Kier molecular flexibility index (Phi) is 4.65. The van der Waals surface area contributed by atoms with Crippen molar-refractivity contribution in [2.24, 2.45) is 0 Å². The van der Waals surface area contributed by atoms with E-state index in [4.69, 9.17) is 0 Å². The number of carbonyl (C=O) groups is 1. The van der Waals surface area contributed by atoms with Gasteiger partial charge in [0.1, 0.15) is 6.54 Å². The summed E-state index contributed by atoms with van der Waals surface area (Å²) in [4.78, 5) is 15.3. The third kappa shape index (κ3) is 3.65. The van der Waals surface area contributed by atoms with E-state index in [1.807, 2.05) is 61.5 Å². The van der Waals surface area contributed by atoms with E-state index in [1.54, 1.807) is 11.9 Å². The van der Waals surface area contributed by atoms with E-state index in [0.717, 1.165) is 16.7 Å². The van der Waals surface area contributed by atoms with Gasteiger partial charge in [-0.1, -0.05) is 54.6 Å². The average molecular weight is 321 g/mol. The second-order valence-electron chi connectivity index (χ2n) is 5.69. The molecule has 0 aliphatic heterocycles. The molecule has 2 aromatic carbocycles. The number of aryl methyl sites for hydroxylation is 1. The summed E-state index contributed by atoms with van der Waals surface area (Å²) in [5, 5.41) is 12.4. The minimum Gasteiger partial charge on any atom is -0.340 e. The van der Waals surface area contributed by atoms with Crippen molar-refractivity contribution in [2.75, 3.05) is 7.05 Å². The molecule has 3 aromatic rings. The number of hydrogen-bond acceptors (Lipinski definition) is 4. The number of carbonyl (C=O) groups excluding carboxylic acids is 1. The molecule has 0 fully saturated rings. The second-order valence-corrected chi connectivity index (χ2v) is 5.69. The molecule has 0 saturated heterocycles. The lowest BCUT2D eigenvalue weighted by Crippen LogP contribution is -2.30. The van der Waals surface area contributed by atoms with Crippen molar-refractivity contribution in [3.8, 4) is 11.4 Å². The molecule has 0 radical (unpaired) electrons. The number of likely N-dealkylation sites (N-methyl/N-ethyl adjacent to an activating group) is 1. The number of tetrazole rings is 1. The van der Waals surface area contributed by atoms with Crippen LogP contribution in [0.3, 0.4) is 0 Å². The van der Waals surface area contributed by atoms with E-state index < -0.39 is 0 Å². The fourth-order valence-corrected chi connectivity index (χ4v) is 2.43. The lowest BCUT2D eigenvalue weighted by atomic mass is 10.1. The number of hydrogen-bond donors (Lipinski definition) is 0. The van der Waals surface area contributed by atoms with Crippen molar-refractivity contribution in [1.82, 2.24) is 25.1 Å². The van der Waals surface area contributed by atoms with Crippen LogP contribution in [-0.4, -0.2) is 38.1 Å². The molecule has 1 aromatic heterocycles. The number of rotatable bonds is 5. The Hall–Kier alpha value is -3.02. The van der Waals surface area contributed by atoms with Crippen LogP contribution in [0.15, 0.2) is 54.6 Å². The highest BCUT2D eigenvalue weighted by molar-refractivity contribution is 5.75. The summed E-state index contributed by atoms with van der Waals surface area (Å²) in [5.74, 6) is 0.471. The highest BCUT2D eigenvalue weighted by atomic mass is 16.2. The van der Waals surface area contributed by atoms with Crippen LogP contribution in [0.1, 0.15) is 11.1 Å². The van der Waals surface area contributed by atoms with Gasteiger partial charge < -0.3 is 4.90 Å². The maximum absolute atomic E-state index is 12.3. The largest absolute Gasteiger partial charge is 0.340 e. The molecular formula is C18H19N5O. The van der Waals surface area contributed by atoms with Crippen molar-refractivity contribution in [3.63, 3.8) is 0 Å². The first-order valence-corrected chi connectivity index (χ1v) is 7.75. The van der Waals surface area contributed by atoms with Crippen molar-refractivity contribution in [2.45, 2.75) is 20.0 Å². The third-order valence-corrected chi connectivity index (χ3v) is 3.80. The van der Waals surface area contributed by atoms with Crippen LogP contribution in [0.2, 0.25) is 0 Å². The Morgan fingerprint density at radius 2 is 1.79 bits per heavy atom. The van der Waals surface area contributed by atoms with Crippen LogP contribution in [0.4, 0.5) is 0 Å². The van der Waals surface area contributed by atoms with Crippen LogP contribution in [0.5, 0.6) is 0 Å². The summed E-state index contributed by atoms with van der Waals surface area (Å²) in [6.45, 7) is 2.62. The van der Waals surface area contributed by atoms with Crippen molar-refractivity contribution in [3.05, 3.63) is 65.7 Å². The van der Waals surface area contributed by atoms with Crippen molar-refractivity contribution >= 4 is 5.91 Å². The van der Waals surface area contributed by atoms with E-state index in [-0.39, 0.29) is 12.5 Å². The van der Waals surface area contributed by atoms with Gasteiger partial charge in [-0.05, 0) is 23.3 Å². The first-order valence-electron chi connectivity index (χ1n) is 7.75. The molecule has 0 spiro atoms. The smallest absolute Gasteiger partial charge is 0.246 e. The highest BCUT2D eigenvalue weighted by Crippen LogP contribution is 2.17. The Labute approximate surface area is 140 Å². The summed E-state index contributed by atoms with van der Waals surface area (Å²) in [6.07, 6.45) is 0. The van der Waals surface area contributed by atoms with Crippen LogP contribution < -0.4 is 0 Å². The Balaban J connectivity index is 1.66. The van der Waals surface area contributed by atoms with Gasteiger partial charge in [0.2, 0.25) is 11.7 Å². The van der Waals surface area contributed by atoms with Gasteiger partial charge in [-0.2, -0.15) is 4.80 Å². The maximum Gasteiger partial charge on any atom is 0.246 e. The van der Waals surface area contributed by atoms with Gasteiger partial charge in [0.05, 0.1) is 0 Å². The monoisotopic (exact) mass is 321 g/mol. The molecule has 1 amide bonds. The number of nitrogens with zero attached hydrogens (tertiary/aromatic N) is 5. The number of benzene rings is 2. The Bertz CT molecular complexity index is 828. The van der Waals surface area contributed by atoms with Gasteiger partial charge in [0.15, 0.2) is 0 Å². The molecular weight excluding hydrogens is 302 g/mol. The van der Waals surface area contributed by atoms with E-state index in [2.05, 4.69) is 15.4 Å². The van der Waals surface area contributed by atoms with Gasteiger partial charge in [0, 0.05) is 19.2 Å². The van der Waals surface area contributed by atoms with Crippen molar-refractivity contribution in [1.29, 1.82) is 0 Å². The van der Waals surface area contributed by atoms with Gasteiger partial charge in [-0.3, -0.25) is 4.79 Å². The fraction of sp³-hybridized carbons (Fsp3) is 0.222. The first kappa shape index (κ1) is 15.9. The number of amides is 1. The fourth-order valence-electron chi connectivity index (χ4n) is 2.43. The molecule has 1 heterocycles. The minimum absolute atomic E-state index is 0.0624. The molecule has 6 nitrogen and oxygen atoms in total. The molecule has 3 rings (SSSR count). The van der Waals surface area contributed by atoms with Crippen LogP contribution in [-0.2, 0) is 17.9 Å². The Morgan fingerprint density at radius 3 is 2.54 bits per heavy atom. The average Bonchev–Trinajstić information content (AvgIpc) is 3.04. The molecule has 0 aliphatic rings. The molecule has 24 heavy (non-hydrogen) atoms. The summed E-state index contributed by atoms with van der Waals surface area (Å²) in [7, 11) is 1.77. The lowest BCUT2D eigenvalue weighted by molar-refractivity contribution is -0.131. The predicted octanol–water partition coefficient (Wildman–Crippen LogP) is 2.31. The second kappa shape index (κ2) is 7.04. The Morgan fingerprint density at radius 1 is 1.08 bits per heavy atom. The molecule has 0 atom stereocenters. The summed E-state index contributed by atoms with van der Waals surface area (Å²) in [6, 6.07) is 17.7. The zero-order chi connectivity index (χ0) is 16.9. The van der Waals surface area contributed by atoms with Gasteiger partial charge in [0.25, 0.3) is 0 Å². The van der Waals surface area contributed by atoms with Crippen LogP contribution in [0.25, 0.3) is 11.4 Å². The van der Waals surface area contributed by atoms with Gasteiger partial charge in [-0.25, -0.2) is 0 Å². The molecule has 0 saturated carbocycles. The molecule has 0 N–H and O–H groups in total.